The second kappa shape index (κ2) is 10.0. The lowest BCUT2D eigenvalue weighted by atomic mass is 9.74. The van der Waals surface area contributed by atoms with Crippen molar-refractivity contribution in [2.24, 2.45) is 0 Å². The summed E-state index contributed by atoms with van der Waals surface area (Å²) in [5.41, 5.74) is 2.42. The molecule has 3 aromatic rings. The molecular formula is C28H30F2N2O3S. The van der Waals surface area contributed by atoms with E-state index in [1.54, 1.807) is 41.6 Å². The lowest BCUT2D eigenvalue weighted by Crippen LogP contribution is -2.67. The van der Waals surface area contributed by atoms with Gasteiger partial charge < -0.3 is 5.11 Å². The van der Waals surface area contributed by atoms with Crippen molar-refractivity contribution in [1.29, 1.82) is 0 Å². The third-order valence-electron chi connectivity index (χ3n) is 7.60. The smallest absolute Gasteiger partial charge is 0.243 e. The fourth-order valence-electron chi connectivity index (χ4n) is 5.72. The molecule has 3 aromatic carbocycles. The maximum absolute atomic E-state index is 14.3. The maximum Gasteiger partial charge on any atom is 0.243 e. The predicted octanol–water partition coefficient (Wildman–Crippen LogP) is 4.55. The fourth-order valence-corrected chi connectivity index (χ4v) is 7.45. The summed E-state index contributed by atoms with van der Waals surface area (Å²) in [5.74, 6) is -1.85. The molecule has 0 bridgehead atoms. The highest BCUT2D eigenvalue weighted by Crippen LogP contribution is 2.43. The molecule has 190 valence electrons. The van der Waals surface area contributed by atoms with E-state index in [1.165, 1.54) is 12.1 Å². The Morgan fingerprint density at radius 2 is 1.67 bits per heavy atom. The van der Waals surface area contributed by atoms with E-state index >= 15 is 0 Å². The first-order chi connectivity index (χ1) is 17.3. The summed E-state index contributed by atoms with van der Waals surface area (Å²) in [5, 5.41) is 10.2. The first kappa shape index (κ1) is 25.0. The van der Waals surface area contributed by atoms with Crippen molar-refractivity contribution in [3.63, 3.8) is 0 Å². The van der Waals surface area contributed by atoms with Gasteiger partial charge in [-0.25, -0.2) is 17.2 Å². The minimum absolute atomic E-state index is 0.0357. The summed E-state index contributed by atoms with van der Waals surface area (Å²) in [6.07, 6.45) is 1.60. The SMILES string of the molecule is Cc1ccccc1S(=O)(=O)N1CCCCN2C(CO)[C@@H](c3ccc(-c4cccc(F)c4F)cc3)[C@@H]2C1. The average Bonchev–Trinajstić information content (AvgIpc) is 2.85. The zero-order valence-corrected chi connectivity index (χ0v) is 21.0. The van der Waals surface area contributed by atoms with Gasteiger partial charge in [0, 0.05) is 36.7 Å². The van der Waals surface area contributed by atoms with Gasteiger partial charge in [0.2, 0.25) is 10.0 Å². The molecule has 8 heteroatoms. The van der Waals surface area contributed by atoms with Crippen LogP contribution in [0.25, 0.3) is 11.1 Å². The fraction of sp³-hybridized carbons (Fsp3) is 0.357. The summed E-state index contributed by atoms with van der Waals surface area (Å²) in [6, 6.07) is 18.2. The van der Waals surface area contributed by atoms with Crippen molar-refractivity contribution in [3.8, 4) is 11.1 Å². The molecule has 0 aromatic heterocycles. The van der Waals surface area contributed by atoms with Crippen LogP contribution in [-0.4, -0.2) is 61.1 Å². The summed E-state index contributed by atoms with van der Waals surface area (Å²) in [7, 11) is -3.67. The zero-order valence-electron chi connectivity index (χ0n) is 20.1. The van der Waals surface area contributed by atoms with E-state index in [9.17, 15) is 22.3 Å². The Labute approximate surface area is 211 Å². The monoisotopic (exact) mass is 512 g/mol. The number of rotatable bonds is 5. The van der Waals surface area contributed by atoms with E-state index in [0.29, 0.717) is 23.5 Å². The Bertz CT molecular complexity index is 1350. The number of aliphatic hydroxyl groups excluding tert-OH is 1. The summed E-state index contributed by atoms with van der Waals surface area (Å²) >= 11 is 0. The molecule has 1 N–H and O–H groups in total. The largest absolute Gasteiger partial charge is 0.395 e. The standard InChI is InChI=1S/C28H30F2N2O3S/c1-19-7-2-3-10-26(19)36(34,35)31-15-4-5-16-32-24(17-31)27(25(32)18-33)21-13-11-20(12-14-21)22-8-6-9-23(29)28(22)30/h2-3,6-14,24-25,27,33H,4-5,15-18H2,1H3/t24-,25?,27-/m0/s1. The normalized spacial score (nSPS) is 23.4. The van der Waals surface area contributed by atoms with Crippen LogP contribution in [0.1, 0.15) is 29.9 Å². The summed E-state index contributed by atoms with van der Waals surface area (Å²) in [4.78, 5) is 2.54. The van der Waals surface area contributed by atoms with E-state index in [-0.39, 0.29) is 30.2 Å². The van der Waals surface area contributed by atoms with E-state index in [0.717, 1.165) is 36.6 Å². The minimum atomic E-state index is -3.67. The first-order valence-corrected chi connectivity index (χ1v) is 13.7. The number of aliphatic hydroxyl groups is 1. The Hall–Kier alpha value is -2.65. The molecule has 2 fully saturated rings. The van der Waals surface area contributed by atoms with Crippen molar-refractivity contribution in [2.45, 2.75) is 42.7 Å². The molecule has 0 radical (unpaired) electrons. The van der Waals surface area contributed by atoms with E-state index in [4.69, 9.17) is 0 Å². The molecule has 2 saturated heterocycles. The van der Waals surface area contributed by atoms with Gasteiger partial charge in [0.1, 0.15) is 0 Å². The Morgan fingerprint density at radius 3 is 2.39 bits per heavy atom. The van der Waals surface area contributed by atoms with Crippen molar-refractivity contribution in [1.82, 2.24) is 9.21 Å². The van der Waals surface area contributed by atoms with Gasteiger partial charge in [0.25, 0.3) is 0 Å². The average molecular weight is 513 g/mol. The predicted molar refractivity (Wildman–Crippen MR) is 135 cm³/mol. The number of benzene rings is 3. The van der Waals surface area contributed by atoms with E-state index in [2.05, 4.69) is 4.90 Å². The van der Waals surface area contributed by atoms with Gasteiger partial charge in [-0.3, -0.25) is 4.90 Å². The van der Waals surface area contributed by atoms with Gasteiger partial charge in [0.05, 0.1) is 11.5 Å². The molecule has 2 heterocycles. The molecule has 0 saturated carbocycles. The van der Waals surface area contributed by atoms with Crippen LogP contribution in [0.4, 0.5) is 8.78 Å². The molecular weight excluding hydrogens is 482 g/mol. The second-order valence-corrected chi connectivity index (χ2v) is 11.5. The highest BCUT2D eigenvalue weighted by atomic mass is 32.2. The molecule has 0 spiro atoms. The number of aryl methyl sites for hydroxylation is 1. The van der Waals surface area contributed by atoms with Crippen molar-refractivity contribution in [2.75, 3.05) is 26.2 Å². The van der Waals surface area contributed by atoms with Crippen LogP contribution in [-0.2, 0) is 10.0 Å². The van der Waals surface area contributed by atoms with Crippen LogP contribution < -0.4 is 0 Å². The number of halogens is 2. The minimum Gasteiger partial charge on any atom is -0.395 e. The Kier molecular flexibility index (Phi) is 6.96. The van der Waals surface area contributed by atoms with Gasteiger partial charge >= 0.3 is 0 Å². The van der Waals surface area contributed by atoms with Gasteiger partial charge in [-0.1, -0.05) is 54.6 Å². The molecule has 0 aliphatic carbocycles. The summed E-state index contributed by atoms with van der Waals surface area (Å²) < 4.78 is 56.8. The number of fused-ring (bicyclic) bond motifs is 1. The van der Waals surface area contributed by atoms with Crippen LogP contribution in [0.5, 0.6) is 0 Å². The van der Waals surface area contributed by atoms with Crippen molar-refractivity contribution >= 4 is 10.0 Å². The second-order valence-electron chi connectivity index (χ2n) is 9.64. The molecule has 3 atom stereocenters. The van der Waals surface area contributed by atoms with Crippen LogP contribution >= 0.6 is 0 Å². The highest BCUT2D eigenvalue weighted by molar-refractivity contribution is 7.89. The van der Waals surface area contributed by atoms with Crippen LogP contribution in [0, 0.1) is 18.6 Å². The van der Waals surface area contributed by atoms with Gasteiger partial charge in [-0.05, 0) is 55.1 Å². The van der Waals surface area contributed by atoms with E-state index < -0.39 is 21.7 Å². The number of hydrogen-bond donors (Lipinski definition) is 1. The first-order valence-electron chi connectivity index (χ1n) is 12.3. The van der Waals surface area contributed by atoms with Crippen LogP contribution in [0.15, 0.2) is 71.6 Å². The highest BCUT2D eigenvalue weighted by Gasteiger charge is 2.50. The van der Waals surface area contributed by atoms with Crippen molar-refractivity contribution < 1.29 is 22.3 Å². The number of sulfonamides is 1. The van der Waals surface area contributed by atoms with Gasteiger partial charge in [-0.15, -0.1) is 0 Å². The van der Waals surface area contributed by atoms with E-state index in [1.807, 2.05) is 18.2 Å². The number of hydrogen-bond acceptors (Lipinski definition) is 4. The van der Waals surface area contributed by atoms with Crippen LogP contribution in [0.3, 0.4) is 0 Å². The maximum atomic E-state index is 14.3. The molecule has 1 unspecified atom stereocenters. The molecule has 36 heavy (non-hydrogen) atoms. The molecule has 2 aliphatic rings. The third kappa shape index (κ3) is 4.36. The molecule has 2 aliphatic heterocycles. The van der Waals surface area contributed by atoms with Crippen LogP contribution in [0.2, 0.25) is 0 Å². The van der Waals surface area contributed by atoms with Gasteiger partial charge in [-0.2, -0.15) is 4.31 Å². The van der Waals surface area contributed by atoms with Gasteiger partial charge in [0.15, 0.2) is 11.6 Å². The number of nitrogens with zero attached hydrogens (tertiary/aromatic N) is 2. The Morgan fingerprint density at radius 1 is 0.944 bits per heavy atom. The zero-order chi connectivity index (χ0) is 25.4. The molecule has 5 rings (SSSR count). The summed E-state index contributed by atoms with van der Waals surface area (Å²) in [6.45, 7) is 3.36. The third-order valence-corrected chi connectivity index (χ3v) is 9.63. The molecule has 0 amide bonds. The molecule has 5 nitrogen and oxygen atoms in total. The Balaban J connectivity index is 1.44. The topological polar surface area (TPSA) is 60.9 Å². The lowest BCUT2D eigenvalue weighted by Gasteiger charge is -2.57. The lowest BCUT2D eigenvalue weighted by molar-refractivity contribution is -0.0553. The quantitative estimate of drug-likeness (QED) is 0.545. The van der Waals surface area contributed by atoms with Crippen molar-refractivity contribution in [3.05, 3.63) is 89.5 Å².